The number of hydrogen-bond acceptors (Lipinski definition) is 1. The maximum Gasteiger partial charge on any atom is 0.141 e. The number of halogens is 1. The van der Waals surface area contributed by atoms with Crippen molar-refractivity contribution >= 4 is 28.3 Å². The molecule has 0 aliphatic carbocycles. The van der Waals surface area contributed by atoms with E-state index in [-0.39, 0.29) is 5.84 Å². The summed E-state index contributed by atoms with van der Waals surface area (Å²) < 4.78 is 0. The fraction of sp³-hybridized carbons (Fsp3) is 0. The highest BCUT2D eigenvalue weighted by molar-refractivity contribution is 6.38. The molecule has 3 nitrogen and oxygen atoms in total. The first-order valence-corrected chi connectivity index (χ1v) is 4.18. The van der Waals surface area contributed by atoms with E-state index in [1.165, 1.54) is 0 Å². The molecule has 2 aromatic rings. The molecule has 0 aliphatic heterocycles. The maximum absolute atomic E-state index is 7.27. The van der Waals surface area contributed by atoms with Crippen LogP contribution in [0.4, 0.5) is 0 Å². The molecule has 66 valence electrons. The Morgan fingerprint density at radius 3 is 2.69 bits per heavy atom. The van der Waals surface area contributed by atoms with Gasteiger partial charge in [0.05, 0.1) is 5.02 Å². The van der Waals surface area contributed by atoms with Crippen molar-refractivity contribution in [1.29, 1.82) is 5.41 Å². The van der Waals surface area contributed by atoms with Crippen molar-refractivity contribution in [2.75, 3.05) is 0 Å². The second kappa shape index (κ2) is 2.78. The van der Waals surface area contributed by atoms with E-state index in [1.54, 1.807) is 0 Å². The van der Waals surface area contributed by atoms with Gasteiger partial charge in [-0.3, -0.25) is 5.41 Å². The third-order valence-electron chi connectivity index (χ3n) is 1.91. The van der Waals surface area contributed by atoms with Gasteiger partial charge in [-0.25, -0.2) is 0 Å². The molecule has 1 heterocycles. The lowest BCUT2D eigenvalue weighted by atomic mass is 10.2. The number of nitrogen functional groups attached to an aromatic ring is 1. The minimum Gasteiger partial charge on any atom is -0.382 e. The molecule has 0 atom stereocenters. The molecule has 0 bridgehead atoms. The summed E-state index contributed by atoms with van der Waals surface area (Å²) in [6.45, 7) is 0. The van der Waals surface area contributed by atoms with Gasteiger partial charge in [-0.1, -0.05) is 29.8 Å². The zero-order valence-corrected chi connectivity index (χ0v) is 7.52. The standard InChI is InChI=1S/C9H8ClN3/c10-7-5-3-1-2-4-6(5)13-8(7)9(11)12/h1-4,13H,(H3,11,12). The highest BCUT2D eigenvalue weighted by atomic mass is 35.5. The Morgan fingerprint density at radius 2 is 2.08 bits per heavy atom. The zero-order chi connectivity index (χ0) is 9.42. The Morgan fingerprint density at radius 1 is 1.38 bits per heavy atom. The summed E-state index contributed by atoms with van der Waals surface area (Å²) >= 11 is 6.00. The second-order valence-corrected chi connectivity index (χ2v) is 3.15. The molecule has 0 spiro atoms. The molecule has 2 rings (SSSR count). The molecule has 13 heavy (non-hydrogen) atoms. The molecule has 1 aromatic heterocycles. The van der Waals surface area contributed by atoms with E-state index in [4.69, 9.17) is 22.7 Å². The first-order chi connectivity index (χ1) is 6.20. The smallest absolute Gasteiger partial charge is 0.141 e. The predicted molar refractivity (Wildman–Crippen MR) is 54.3 cm³/mol. The van der Waals surface area contributed by atoms with Gasteiger partial charge in [-0.05, 0) is 6.07 Å². The molecule has 0 fully saturated rings. The molecule has 0 unspecified atom stereocenters. The van der Waals surface area contributed by atoms with Gasteiger partial charge in [-0.2, -0.15) is 0 Å². The van der Waals surface area contributed by atoms with E-state index >= 15 is 0 Å². The molecule has 0 saturated carbocycles. The van der Waals surface area contributed by atoms with Crippen LogP contribution in [-0.2, 0) is 0 Å². The Hall–Kier alpha value is -1.48. The van der Waals surface area contributed by atoms with Crippen molar-refractivity contribution in [3.05, 3.63) is 35.0 Å². The van der Waals surface area contributed by atoms with Gasteiger partial charge in [0.1, 0.15) is 11.5 Å². The Kier molecular flexibility index (Phi) is 1.74. The summed E-state index contributed by atoms with van der Waals surface area (Å²) in [4.78, 5) is 2.98. The third kappa shape index (κ3) is 1.17. The largest absolute Gasteiger partial charge is 0.382 e. The number of para-hydroxylation sites is 1. The van der Waals surface area contributed by atoms with Crippen molar-refractivity contribution in [3.63, 3.8) is 0 Å². The van der Waals surface area contributed by atoms with Crippen LogP contribution >= 0.6 is 11.6 Å². The van der Waals surface area contributed by atoms with Crippen molar-refractivity contribution in [2.24, 2.45) is 5.73 Å². The van der Waals surface area contributed by atoms with Crippen LogP contribution in [0.1, 0.15) is 5.69 Å². The quantitative estimate of drug-likeness (QED) is 0.471. The van der Waals surface area contributed by atoms with E-state index in [0.717, 1.165) is 10.9 Å². The number of benzene rings is 1. The van der Waals surface area contributed by atoms with E-state index in [9.17, 15) is 0 Å². The van der Waals surface area contributed by atoms with E-state index < -0.39 is 0 Å². The van der Waals surface area contributed by atoms with Crippen molar-refractivity contribution in [3.8, 4) is 0 Å². The van der Waals surface area contributed by atoms with Gasteiger partial charge in [0.15, 0.2) is 0 Å². The van der Waals surface area contributed by atoms with Crippen LogP contribution < -0.4 is 5.73 Å². The number of H-pyrrole nitrogens is 1. The predicted octanol–water partition coefficient (Wildman–Crippen LogP) is 2.11. The van der Waals surface area contributed by atoms with Gasteiger partial charge in [0.25, 0.3) is 0 Å². The zero-order valence-electron chi connectivity index (χ0n) is 6.76. The lowest BCUT2D eigenvalue weighted by Gasteiger charge is -1.91. The molecule has 0 aliphatic rings. The number of fused-ring (bicyclic) bond motifs is 1. The Bertz CT molecular complexity index is 473. The van der Waals surface area contributed by atoms with Gasteiger partial charge in [-0.15, -0.1) is 0 Å². The summed E-state index contributed by atoms with van der Waals surface area (Å²) in [5.74, 6) is -0.0406. The maximum atomic E-state index is 7.27. The molecule has 0 amide bonds. The number of aromatic nitrogens is 1. The molecular weight excluding hydrogens is 186 g/mol. The van der Waals surface area contributed by atoms with Gasteiger partial charge in [0, 0.05) is 10.9 Å². The average molecular weight is 194 g/mol. The van der Waals surface area contributed by atoms with Crippen LogP contribution in [-0.4, -0.2) is 10.8 Å². The first kappa shape index (κ1) is 8.13. The van der Waals surface area contributed by atoms with Crippen molar-refractivity contribution in [2.45, 2.75) is 0 Å². The van der Waals surface area contributed by atoms with Gasteiger partial charge in [0.2, 0.25) is 0 Å². The number of rotatable bonds is 1. The molecule has 0 radical (unpaired) electrons. The number of nitrogens with two attached hydrogens (primary N) is 1. The Balaban J connectivity index is 2.81. The SMILES string of the molecule is N=C(N)c1[nH]c2ccccc2c1Cl. The highest BCUT2D eigenvalue weighted by Gasteiger charge is 2.09. The minimum absolute atomic E-state index is 0.0406. The van der Waals surface area contributed by atoms with Crippen LogP contribution in [0.25, 0.3) is 10.9 Å². The van der Waals surface area contributed by atoms with Crippen LogP contribution in [0.3, 0.4) is 0 Å². The first-order valence-electron chi connectivity index (χ1n) is 3.81. The molecule has 4 N–H and O–H groups in total. The average Bonchev–Trinajstić information content (AvgIpc) is 2.45. The van der Waals surface area contributed by atoms with Gasteiger partial charge < -0.3 is 10.7 Å². The Labute approximate surface area is 80.0 Å². The van der Waals surface area contributed by atoms with Crippen LogP contribution in [0.2, 0.25) is 5.02 Å². The molecule has 4 heteroatoms. The number of hydrogen-bond donors (Lipinski definition) is 3. The summed E-state index contributed by atoms with van der Waals surface area (Å²) in [6.07, 6.45) is 0. The second-order valence-electron chi connectivity index (χ2n) is 2.77. The monoisotopic (exact) mass is 193 g/mol. The lowest BCUT2D eigenvalue weighted by molar-refractivity contribution is 1.34. The van der Waals surface area contributed by atoms with Gasteiger partial charge >= 0.3 is 0 Å². The van der Waals surface area contributed by atoms with E-state index in [2.05, 4.69) is 4.98 Å². The molecule has 0 saturated heterocycles. The van der Waals surface area contributed by atoms with Crippen molar-refractivity contribution < 1.29 is 0 Å². The molecule has 1 aromatic carbocycles. The molecular formula is C9H8ClN3. The van der Waals surface area contributed by atoms with E-state index in [0.29, 0.717) is 10.7 Å². The van der Waals surface area contributed by atoms with Crippen molar-refractivity contribution in [1.82, 2.24) is 4.98 Å². The van der Waals surface area contributed by atoms with E-state index in [1.807, 2.05) is 24.3 Å². The van der Waals surface area contributed by atoms with Crippen LogP contribution in [0.5, 0.6) is 0 Å². The summed E-state index contributed by atoms with van der Waals surface area (Å²) in [5.41, 5.74) is 6.74. The van der Waals surface area contributed by atoms with Crippen LogP contribution in [0.15, 0.2) is 24.3 Å². The number of aromatic amines is 1. The topological polar surface area (TPSA) is 65.7 Å². The fourth-order valence-corrected chi connectivity index (χ4v) is 1.61. The summed E-state index contributed by atoms with van der Waals surface area (Å²) in [5, 5.41) is 8.69. The van der Waals surface area contributed by atoms with Crippen LogP contribution in [0, 0.1) is 5.41 Å². The number of nitrogens with one attached hydrogen (secondary N) is 2. The highest BCUT2D eigenvalue weighted by Crippen LogP contribution is 2.26. The minimum atomic E-state index is -0.0406. The summed E-state index contributed by atoms with van der Waals surface area (Å²) in [6, 6.07) is 7.58. The summed E-state index contributed by atoms with van der Waals surface area (Å²) in [7, 11) is 0. The normalized spacial score (nSPS) is 10.5. The number of amidine groups is 1. The third-order valence-corrected chi connectivity index (χ3v) is 2.30. The fourth-order valence-electron chi connectivity index (χ4n) is 1.29. The lowest BCUT2D eigenvalue weighted by Crippen LogP contribution is -2.11.